The Hall–Kier alpha value is -13.2. The van der Waals surface area contributed by atoms with Crippen molar-refractivity contribution in [3.05, 3.63) is 364 Å². The van der Waals surface area contributed by atoms with Gasteiger partial charge in [0.25, 0.3) is 0 Å². The minimum atomic E-state index is 0.632. The molecule has 0 radical (unpaired) electrons. The third kappa shape index (κ3) is 11.5. The van der Waals surface area contributed by atoms with Crippen LogP contribution in [0.3, 0.4) is 0 Å². The fraction of sp³-hybridized carbons (Fsp3) is 0. The maximum absolute atomic E-state index is 4.93. The normalized spacial score (nSPS) is 11.3. The molecule has 0 atom stereocenters. The van der Waals surface area contributed by atoms with Crippen LogP contribution in [0.1, 0.15) is 0 Å². The number of rotatable bonds is 11. The van der Waals surface area contributed by atoms with Gasteiger partial charge in [-0.25, -0.2) is 29.9 Å². The molecule has 0 saturated heterocycles. The lowest BCUT2D eigenvalue weighted by Crippen LogP contribution is -2.00. The second kappa shape index (κ2) is 26.0. The molecule has 2 aromatic heterocycles. The molecule has 0 saturated carbocycles. The van der Waals surface area contributed by atoms with Gasteiger partial charge in [0.2, 0.25) is 0 Å². The van der Waals surface area contributed by atoms with Gasteiger partial charge in [0.05, 0.1) is 0 Å². The molecule has 0 aliphatic heterocycles. The quantitative estimate of drug-likeness (QED) is 0.120. The van der Waals surface area contributed by atoms with Crippen molar-refractivity contribution in [2.24, 2.45) is 0 Å². The van der Waals surface area contributed by atoms with Crippen LogP contribution < -0.4 is 0 Å². The number of nitrogens with zero attached hydrogens (tertiary/aromatic N) is 6. The third-order valence-electron chi connectivity index (χ3n) is 18.5. The molecule has 16 aromatic carbocycles. The average molecular weight is 1250 g/mol. The molecular formula is C92H60N6. The standard InChI is InChI=1S/C52H34N6.C40H26/c1-5-15-37(16-6-1)47-53-48(38-17-7-2-8-18-38)56-51(55-47)41-29-25-35(26-30-41)43-33-34-44(46-24-14-13-23-45(43)46)36-27-31-42(32-28-36)52-57-49(39-19-9-3-10-20-39)54-50(58-52)40-21-11-4-12-22-40;1-2-12-31-26-32(25-22-27(31)10-1)28-20-23-30(24-21-28)39-35-15-5-7-17-37(35)40(38-18-8-6-16-36(38)39)34-19-9-13-29-11-3-4-14-33(29)34/h1-34H;1-26H. The van der Waals surface area contributed by atoms with Gasteiger partial charge in [-0.3, -0.25) is 0 Å². The smallest absolute Gasteiger partial charge is 0.164 e. The lowest BCUT2D eigenvalue weighted by atomic mass is 9.84. The first-order valence-electron chi connectivity index (χ1n) is 33.1. The highest BCUT2D eigenvalue weighted by atomic mass is 15.0. The molecule has 0 fully saturated rings. The summed E-state index contributed by atoms with van der Waals surface area (Å²) in [5.74, 6) is 3.84. The Labute approximate surface area is 568 Å². The summed E-state index contributed by atoms with van der Waals surface area (Å²) < 4.78 is 0. The molecule has 0 amide bonds. The number of aromatic nitrogens is 6. The van der Waals surface area contributed by atoms with E-state index in [-0.39, 0.29) is 0 Å². The molecule has 6 heteroatoms. The Morgan fingerprint density at radius 2 is 0.418 bits per heavy atom. The van der Waals surface area contributed by atoms with Crippen LogP contribution in [-0.2, 0) is 0 Å². The first-order chi connectivity index (χ1) is 48.6. The van der Waals surface area contributed by atoms with E-state index in [0.29, 0.717) is 34.9 Å². The Morgan fingerprint density at radius 1 is 0.133 bits per heavy atom. The Balaban J connectivity index is 0.000000157. The molecule has 0 N–H and O–H groups in total. The molecule has 0 spiro atoms. The van der Waals surface area contributed by atoms with Crippen molar-refractivity contribution in [1.29, 1.82) is 0 Å². The fourth-order valence-electron chi connectivity index (χ4n) is 13.6. The molecule has 18 aromatic rings. The molecule has 98 heavy (non-hydrogen) atoms. The summed E-state index contributed by atoms with van der Waals surface area (Å²) in [6.45, 7) is 0. The molecule has 0 aliphatic rings. The van der Waals surface area contributed by atoms with E-state index < -0.39 is 0 Å². The summed E-state index contributed by atoms with van der Waals surface area (Å²) in [4.78, 5) is 29.4. The number of hydrogen-bond donors (Lipinski definition) is 0. The predicted molar refractivity (Wildman–Crippen MR) is 407 cm³/mol. The van der Waals surface area contributed by atoms with Gasteiger partial charge in [-0.05, 0) is 116 Å². The molecular weight excluding hydrogens is 1190 g/mol. The summed E-state index contributed by atoms with van der Waals surface area (Å²) in [7, 11) is 0. The molecule has 0 unspecified atom stereocenters. The topological polar surface area (TPSA) is 77.3 Å². The maximum Gasteiger partial charge on any atom is 0.164 e. The molecule has 0 bridgehead atoms. The van der Waals surface area contributed by atoms with Gasteiger partial charge in [-0.2, -0.15) is 0 Å². The molecule has 0 aliphatic carbocycles. The van der Waals surface area contributed by atoms with Crippen LogP contribution in [0.5, 0.6) is 0 Å². The van der Waals surface area contributed by atoms with Crippen LogP contribution in [0.4, 0.5) is 0 Å². The van der Waals surface area contributed by atoms with E-state index in [9.17, 15) is 0 Å². The van der Waals surface area contributed by atoms with Crippen molar-refractivity contribution in [1.82, 2.24) is 29.9 Å². The predicted octanol–water partition coefficient (Wildman–Crippen LogP) is 23.8. The van der Waals surface area contributed by atoms with Gasteiger partial charge in [-0.15, -0.1) is 0 Å². The molecule has 6 nitrogen and oxygen atoms in total. The van der Waals surface area contributed by atoms with Crippen molar-refractivity contribution in [2.45, 2.75) is 0 Å². The summed E-state index contributed by atoms with van der Waals surface area (Å²) in [5, 5.41) is 12.6. The number of hydrogen-bond acceptors (Lipinski definition) is 6. The summed E-state index contributed by atoms with van der Waals surface area (Å²) in [6, 6.07) is 128. The van der Waals surface area contributed by atoms with Crippen molar-refractivity contribution in [3.63, 3.8) is 0 Å². The SMILES string of the molecule is c1ccc(-c2nc(-c3ccccc3)nc(-c3ccc(-c4ccc(-c5ccc(-c6nc(-c7ccccc7)nc(-c7ccccc7)n6)cc5)c5ccccc45)cc3)n2)cc1.c1ccc2cc(-c3ccc(-c4c5ccccc5c(-c5cccc6ccccc56)c5ccccc45)cc3)ccc2c1. The van der Waals surface area contributed by atoms with Crippen LogP contribution in [0.2, 0.25) is 0 Å². The van der Waals surface area contributed by atoms with Crippen molar-refractivity contribution in [2.75, 3.05) is 0 Å². The fourth-order valence-corrected chi connectivity index (χ4v) is 13.6. The van der Waals surface area contributed by atoms with E-state index in [1.807, 2.05) is 121 Å². The summed E-state index contributed by atoms with van der Waals surface area (Å²) in [5.41, 5.74) is 17.7. The van der Waals surface area contributed by atoms with Crippen LogP contribution in [-0.4, -0.2) is 29.9 Å². The highest BCUT2D eigenvalue weighted by Gasteiger charge is 2.20. The van der Waals surface area contributed by atoms with Gasteiger partial charge >= 0.3 is 0 Å². The van der Waals surface area contributed by atoms with Gasteiger partial charge in [0.15, 0.2) is 34.9 Å². The highest BCUT2D eigenvalue weighted by molar-refractivity contribution is 6.23. The van der Waals surface area contributed by atoms with E-state index in [1.165, 1.54) is 87.2 Å². The van der Waals surface area contributed by atoms with Crippen LogP contribution in [0, 0.1) is 0 Å². The van der Waals surface area contributed by atoms with Crippen molar-refractivity contribution in [3.8, 4) is 124 Å². The van der Waals surface area contributed by atoms with E-state index in [4.69, 9.17) is 29.9 Å². The minimum absolute atomic E-state index is 0.632. The zero-order valence-electron chi connectivity index (χ0n) is 53.3. The Morgan fingerprint density at radius 3 is 0.837 bits per heavy atom. The first kappa shape index (κ1) is 58.6. The van der Waals surface area contributed by atoms with Gasteiger partial charge in [-0.1, -0.05) is 358 Å². The van der Waals surface area contributed by atoms with E-state index in [0.717, 1.165) is 55.6 Å². The molecule has 458 valence electrons. The summed E-state index contributed by atoms with van der Waals surface area (Å²) in [6.07, 6.45) is 0. The first-order valence-corrected chi connectivity index (χ1v) is 33.1. The third-order valence-corrected chi connectivity index (χ3v) is 18.5. The van der Waals surface area contributed by atoms with Crippen LogP contribution >= 0.6 is 0 Å². The summed E-state index contributed by atoms with van der Waals surface area (Å²) >= 11 is 0. The molecule has 18 rings (SSSR count). The van der Waals surface area contributed by atoms with Crippen LogP contribution in [0.25, 0.3) is 178 Å². The lowest BCUT2D eigenvalue weighted by Gasteiger charge is -2.19. The van der Waals surface area contributed by atoms with Gasteiger partial charge in [0.1, 0.15) is 0 Å². The van der Waals surface area contributed by atoms with Gasteiger partial charge < -0.3 is 0 Å². The van der Waals surface area contributed by atoms with Crippen molar-refractivity contribution >= 4 is 53.9 Å². The Kier molecular flexibility index (Phi) is 15.5. The highest BCUT2D eigenvalue weighted by Crippen LogP contribution is 2.46. The van der Waals surface area contributed by atoms with E-state index >= 15 is 0 Å². The molecule has 2 heterocycles. The van der Waals surface area contributed by atoms with Gasteiger partial charge in [0, 0.05) is 33.4 Å². The van der Waals surface area contributed by atoms with Crippen molar-refractivity contribution < 1.29 is 0 Å². The minimum Gasteiger partial charge on any atom is -0.208 e. The van der Waals surface area contributed by atoms with E-state index in [2.05, 4.69) is 243 Å². The monoisotopic (exact) mass is 1250 g/mol. The van der Waals surface area contributed by atoms with E-state index in [1.54, 1.807) is 0 Å². The maximum atomic E-state index is 4.93. The largest absolute Gasteiger partial charge is 0.208 e. The number of benzene rings is 16. The zero-order valence-corrected chi connectivity index (χ0v) is 53.3. The lowest BCUT2D eigenvalue weighted by molar-refractivity contribution is 1.07. The van der Waals surface area contributed by atoms with Crippen LogP contribution in [0.15, 0.2) is 364 Å². The average Bonchev–Trinajstić information content (AvgIpc) is 0.744. The Bertz CT molecular complexity index is 5560. The zero-order chi connectivity index (χ0) is 65.1. The second-order valence-electron chi connectivity index (χ2n) is 24.4. The second-order valence-corrected chi connectivity index (χ2v) is 24.4. The number of fused-ring (bicyclic) bond motifs is 5.